The number of carboxylic acids is 1. The van der Waals surface area contributed by atoms with E-state index in [-0.39, 0.29) is 18.3 Å². The van der Waals surface area contributed by atoms with E-state index in [2.05, 4.69) is 6.58 Å². The van der Waals surface area contributed by atoms with Gasteiger partial charge in [0.05, 0.1) is 5.92 Å². The first kappa shape index (κ1) is 16.2. The Morgan fingerprint density at radius 2 is 2.12 bits per heavy atom. The van der Waals surface area contributed by atoms with E-state index in [1.165, 1.54) is 6.08 Å². The zero-order valence-electron chi connectivity index (χ0n) is 13.0. The Hall–Kier alpha value is -2.70. The third kappa shape index (κ3) is 2.46. The summed E-state index contributed by atoms with van der Waals surface area (Å²) in [7, 11) is 0. The maximum absolute atomic E-state index is 12.4. The van der Waals surface area contributed by atoms with Crippen LogP contribution in [-0.4, -0.2) is 41.5 Å². The number of aliphatic carboxylic acids is 1. The average Bonchev–Trinajstić information content (AvgIpc) is 2.94. The second kappa shape index (κ2) is 5.74. The van der Waals surface area contributed by atoms with E-state index in [1.54, 1.807) is 0 Å². The molecule has 0 amide bonds. The Labute approximate surface area is 137 Å². The predicted octanol–water partition coefficient (Wildman–Crippen LogP) is 0.948. The van der Waals surface area contributed by atoms with Crippen molar-refractivity contribution < 1.29 is 33.8 Å². The van der Waals surface area contributed by atoms with Gasteiger partial charge in [-0.3, -0.25) is 4.79 Å². The van der Waals surface area contributed by atoms with Crippen molar-refractivity contribution in [1.29, 1.82) is 0 Å². The lowest BCUT2D eigenvalue weighted by Crippen LogP contribution is -2.30. The third-order valence-electron chi connectivity index (χ3n) is 4.81. The van der Waals surface area contributed by atoms with Gasteiger partial charge in [0.2, 0.25) is 0 Å². The fourth-order valence-corrected chi connectivity index (χ4v) is 3.64. The smallest absolute Gasteiger partial charge is 0.417 e. The molecule has 3 atom stereocenters. The first-order valence-electron chi connectivity index (χ1n) is 7.55. The van der Waals surface area contributed by atoms with Crippen molar-refractivity contribution >= 4 is 23.7 Å². The van der Waals surface area contributed by atoms with E-state index in [4.69, 9.17) is 14.6 Å². The fraction of sp³-hybridized carbons (Fsp3) is 0.412. The van der Waals surface area contributed by atoms with E-state index >= 15 is 0 Å². The van der Waals surface area contributed by atoms with Gasteiger partial charge in [0.1, 0.15) is 12.7 Å². The molecule has 1 fully saturated rings. The fourth-order valence-electron chi connectivity index (χ4n) is 3.64. The molecule has 0 aromatic heterocycles. The first-order chi connectivity index (χ1) is 11.3. The summed E-state index contributed by atoms with van der Waals surface area (Å²) in [6.07, 6.45) is 2.07. The van der Waals surface area contributed by atoms with Crippen molar-refractivity contribution in [3.8, 4) is 0 Å². The Morgan fingerprint density at radius 3 is 2.79 bits per heavy atom. The molecule has 126 valence electrons. The summed E-state index contributed by atoms with van der Waals surface area (Å²) in [5.74, 6) is -4.52. The van der Waals surface area contributed by atoms with Gasteiger partial charge in [-0.25, -0.2) is 14.4 Å². The van der Waals surface area contributed by atoms with Gasteiger partial charge in [-0.15, -0.1) is 0 Å². The summed E-state index contributed by atoms with van der Waals surface area (Å²) >= 11 is 0. The Balaban J connectivity index is 1.92. The lowest BCUT2D eigenvalue weighted by atomic mass is 9.83. The summed E-state index contributed by atoms with van der Waals surface area (Å²) in [6, 6.07) is 0. The second-order valence-electron chi connectivity index (χ2n) is 6.18. The monoisotopic (exact) mass is 332 g/mol. The summed E-state index contributed by atoms with van der Waals surface area (Å²) in [5, 5.41) is 8.60. The molecule has 2 aliphatic carbocycles. The molecule has 0 aromatic rings. The number of ether oxygens (including phenoxy) is 2. The van der Waals surface area contributed by atoms with Crippen molar-refractivity contribution in [1.82, 2.24) is 0 Å². The zero-order valence-corrected chi connectivity index (χ0v) is 13.0. The predicted molar refractivity (Wildman–Crippen MR) is 79.6 cm³/mol. The van der Waals surface area contributed by atoms with E-state index in [9.17, 15) is 19.2 Å². The van der Waals surface area contributed by atoms with Gasteiger partial charge < -0.3 is 14.6 Å². The van der Waals surface area contributed by atoms with Crippen LogP contribution in [0.1, 0.15) is 19.8 Å². The van der Waals surface area contributed by atoms with Gasteiger partial charge >= 0.3 is 17.9 Å². The van der Waals surface area contributed by atoms with Gasteiger partial charge in [0, 0.05) is 17.1 Å². The second-order valence-corrected chi connectivity index (χ2v) is 6.18. The highest BCUT2D eigenvalue weighted by molar-refractivity contribution is 6.28. The van der Waals surface area contributed by atoms with Crippen LogP contribution in [0, 0.1) is 11.8 Å². The normalized spacial score (nSPS) is 28.8. The molecule has 0 spiro atoms. The minimum absolute atomic E-state index is 0.209. The molecule has 1 aliphatic heterocycles. The molecule has 0 unspecified atom stereocenters. The van der Waals surface area contributed by atoms with Crippen LogP contribution in [0.15, 0.2) is 34.9 Å². The first-order valence-corrected chi connectivity index (χ1v) is 7.55. The van der Waals surface area contributed by atoms with E-state index in [0.717, 1.165) is 5.57 Å². The molecule has 1 saturated heterocycles. The van der Waals surface area contributed by atoms with Crippen molar-refractivity contribution in [2.24, 2.45) is 11.8 Å². The average molecular weight is 332 g/mol. The number of hydrogen-bond acceptors (Lipinski definition) is 6. The van der Waals surface area contributed by atoms with Crippen LogP contribution < -0.4 is 0 Å². The van der Waals surface area contributed by atoms with Gasteiger partial charge in [-0.1, -0.05) is 12.2 Å². The van der Waals surface area contributed by atoms with E-state index in [0.29, 0.717) is 29.6 Å². The standard InChI is InChI=1S/C17H16O7/c1-7-3-4-10-8(2)16(21)24-14(10)13-9(5-11(18)12(7)13)6-23-17(22)15(19)20/h5,10,13-14H,2-4,6H2,1H3,(H,19,20)/t10-,13-,14-/m0/s1. The van der Waals surface area contributed by atoms with Crippen LogP contribution >= 0.6 is 0 Å². The molecule has 3 aliphatic rings. The van der Waals surface area contributed by atoms with E-state index in [1.807, 2.05) is 6.92 Å². The molecule has 0 saturated carbocycles. The van der Waals surface area contributed by atoms with Crippen LogP contribution in [0.4, 0.5) is 0 Å². The zero-order chi connectivity index (χ0) is 17.6. The maximum atomic E-state index is 12.4. The van der Waals surface area contributed by atoms with Crippen LogP contribution in [0.25, 0.3) is 0 Å². The molecule has 0 bridgehead atoms. The Morgan fingerprint density at radius 1 is 1.42 bits per heavy atom. The molecule has 7 heteroatoms. The molecule has 3 rings (SSSR count). The molecule has 1 heterocycles. The number of hydrogen-bond donors (Lipinski definition) is 1. The number of esters is 2. The number of fused-ring (bicyclic) bond motifs is 3. The van der Waals surface area contributed by atoms with Crippen molar-refractivity contribution in [3.63, 3.8) is 0 Å². The van der Waals surface area contributed by atoms with Gasteiger partial charge in [0.15, 0.2) is 5.78 Å². The maximum Gasteiger partial charge on any atom is 0.417 e. The number of carbonyl (C=O) groups is 4. The SMILES string of the molecule is C=C1C(=O)O[C@@H]2[C@H]3C(COC(=O)C(=O)O)=CC(=O)C3=C(C)CC[C@@H]12. The van der Waals surface area contributed by atoms with Gasteiger partial charge in [-0.05, 0) is 31.4 Å². The molecule has 7 nitrogen and oxygen atoms in total. The summed E-state index contributed by atoms with van der Waals surface area (Å²) in [4.78, 5) is 46.0. The highest BCUT2D eigenvalue weighted by atomic mass is 16.6. The number of rotatable bonds is 2. The van der Waals surface area contributed by atoms with Crippen LogP contribution in [-0.2, 0) is 28.7 Å². The number of carboxylic acid groups (broad SMARTS) is 1. The highest BCUT2D eigenvalue weighted by Gasteiger charge is 2.50. The Bertz CT molecular complexity index is 740. The van der Waals surface area contributed by atoms with Crippen LogP contribution in [0.3, 0.4) is 0 Å². The Kier molecular flexibility index (Phi) is 3.87. The summed E-state index contributed by atoms with van der Waals surface area (Å²) in [5.41, 5.74) is 2.28. The topological polar surface area (TPSA) is 107 Å². The number of carbonyl (C=O) groups excluding carboxylic acids is 3. The lowest BCUT2D eigenvalue weighted by molar-refractivity contribution is -0.163. The van der Waals surface area contributed by atoms with Crippen molar-refractivity contribution in [2.45, 2.75) is 25.9 Å². The summed E-state index contributed by atoms with van der Waals surface area (Å²) < 4.78 is 10.1. The van der Waals surface area contributed by atoms with E-state index < -0.39 is 29.9 Å². The third-order valence-corrected chi connectivity index (χ3v) is 4.81. The number of ketones is 1. The lowest BCUT2D eigenvalue weighted by Gasteiger charge is -2.24. The summed E-state index contributed by atoms with van der Waals surface area (Å²) in [6.45, 7) is 5.31. The molecule has 0 aromatic carbocycles. The van der Waals surface area contributed by atoms with Crippen LogP contribution in [0.5, 0.6) is 0 Å². The van der Waals surface area contributed by atoms with Crippen molar-refractivity contribution in [2.75, 3.05) is 6.61 Å². The quantitative estimate of drug-likeness (QED) is 0.456. The number of allylic oxidation sites excluding steroid dienone is 2. The minimum Gasteiger partial charge on any atom is -0.473 e. The van der Waals surface area contributed by atoms with Gasteiger partial charge in [0.25, 0.3) is 0 Å². The molecular weight excluding hydrogens is 316 g/mol. The molecule has 1 N–H and O–H groups in total. The largest absolute Gasteiger partial charge is 0.473 e. The minimum atomic E-state index is -1.70. The molecule has 0 radical (unpaired) electrons. The molecule has 24 heavy (non-hydrogen) atoms. The van der Waals surface area contributed by atoms with Crippen molar-refractivity contribution in [3.05, 3.63) is 34.9 Å². The van der Waals surface area contributed by atoms with Crippen LogP contribution in [0.2, 0.25) is 0 Å². The highest BCUT2D eigenvalue weighted by Crippen LogP contribution is 2.47. The molecular formula is C17H16O7. The van der Waals surface area contributed by atoms with Gasteiger partial charge in [-0.2, -0.15) is 0 Å².